The Morgan fingerprint density at radius 1 is 1.53 bits per heavy atom. The number of hydrogen-bond donors (Lipinski definition) is 1. The van der Waals surface area contributed by atoms with E-state index in [9.17, 15) is 4.79 Å². The van der Waals surface area contributed by atoms with E-state index in [1.165, 1.54) is 0 Å². The van der Waals surface area contributed by atoms with E-state index in [-0.39, 0.29) is 5.91 Å². The summed E-state index contributed by atoms with van der Waals surface area (Å²) < 4.78 is 0.920. The number of halogens is 1. The van der Waals surface area contributed by atoms with Crippen molar-refractivity contribution >= 4 is 21.8 Å². The van der Waals surface area contributed by atoms with Crippen LogP contribution in [0.3, 0.4) is 0 Å². The first kappa shape index (κ1) is 11.9. The molecule has 0 aliphatic rings. The van der Waals surface area contributed by atoms with E-state index in [1.807, 2.05) is 24.3 Å². The van der Waals surface area contributed by atoms with Crippen LogP contribution in [0.25, 0.3) is 0 Å². The van der Waals surface area contributed by atoms with Gasteiger partial charge in [0.15, 0.2) is 0 Å². The van der Waals surface area contributed by atoms with Gasteiger partial charge in [-0.3, -0.25) is 9.63 Å². The average Bonchev–Trinajstić information content (AvgIpc) is 2.22. The zero-order valence-corrected chi connectivity index (χ0v) is 9.79. The number of hydroxylamine groups is 1. The maximum absolute atomic E-state index is 11.3. The second-order valence-corrected chi connectivity index (χ2v) is 3.75. The molecule has 0 heterocycles. The van der Waals surface area contributed by atoms with Crippen LogP contribution < -0.4 is 5.48 Å². The summed E-state index contributed by atoms with van der Waals surface area (Å²) in [4.78, 5) is 16.2. The molecule has 1 N–H and O–H groups in total. The van der Waals surface area contributed by atoms with Crippen molar-refractivity contribution in [3.8, 4) is 0 Å². The molecule has 0 saturated carbocycles. The zero-order chi connectivity index (χ0) is 11.1. The molecule has 1 amide bonds. The molecule has 0 saturated heterocycles. The highest BCUT2D eigenvalue weighted by atomic mass is 79.9. The minimum atomic E-state index is -0.177. The van der Waals surface area contributed by atoms with Crippen LogP contribution in [-0.4, -0.2) is 12.5 Å². The first-order valence-corrected chi connectivity index (χ1v) is 5.28. The number of nitrogens with one attached hydrogen (secondary N) is 1. The number of rotatable bonds is 5. The summed E-state index contributed by atoms with van der Waals surface area (Å²) in [5.74, 6) is -0.177. The fourth-order valence-corrected chi connectivity index (χ4v) is 1.46. The molecule has 0 aromatic heterocycles. The lowest BCUT2D eigenvalue weighted by molar-refractivity contribution is -0.131. The number of hydrogen-bond acceptors (Lipinski definition) is 2. The molecule has 4 heteroatoms. The predicted octanol–water partition coefficient (Wildman–Crippen LogP) is 2.23. The Balaban J connectivity index is 2.44. The maximum atomic E-state index is 11.3. The van der Waals surface area contributed by atoms with Gasteiger partial charge in [0, 0.05) is 4.47 Å². The smallest absolute Gasteiger partial charge is 0.248 e. The predicted molar refractivity (Wildman–Crippen MR) is 62.1 cm³/mol. The van der Waals surface area contributed by atoms with Crippen LogP contribution >= 0.6 is 15.9 Å². The first-order chi connectivity index (χ1) is 7.24. The van der Waals surface area contributed by atoms with E-state index >= 15 is 0 Å². The third-order valence-corrected chi connectivity index (χ3v) is 2.47. The van der Waals surface area contributed by atoms with Gasteiger partial charge in [0.05, 0.1) is 13.0 Å². The number of carbonyl (C=O) groups excluding carboxylic acids is 1. The number of amides is 1. The number of carbonyl (C=O) groups is 1. The van der Waals surface area contributed by atoms with Crippen LogP contribution in [0.4, 0.5) is 0 Å². The van der Waals surface area contributed by atoms with E-state index in [0.29, 0.717) is 13.0 Å². The van der Waals surface area contributed by atoms with Gasteiger partial charge >= 0.3 is 0 Å². The summed E-state index contributed by atoms with van der Waals surface area (Å²) in [5, 5.41) is 0. The maximum Gasteiger partial charge on any atom is 0.248 e. The Morgan fingerprint density at radius 3 is 2.93 bits per heavy atom. The Bertz CT molecular complexity index is 352. The molecule has 0 fully saturated rings. The van der Waals surface area contributed by atoms with Crippen molar-refractivity contribution < 1.29 is 9.63 Å². The fraction of sp³-hybridized carbons (Fsp3) is 0.182. The molecule has 1 aromatic rings. The first-order valence-electron chi connectivity index (χ1n) is 4.49. The topological polar surface area (TPSA) is 38.3 Å². The van der Waals surface area contributed by atoms with Crippen molar-refractivity contribution in [2.24, 2.45) is 0 Å². The number of benzene rings is 1. The summed E-state index contributed by atoms with van der Waals surface area (Å²) in [5.41, 5.74) is 3.26. The van der Waals surface area contributed by atoms with E-state index in [0.717, 1.165) is 10.0 Å². The standard InChI is InChI=1S/C11H12BrNO2/c1-2-7-15-13-11(14)8-9-5-3-4-6-10(9)12/h2-6H,1,7-8H2,(H,13,14). The van der Waals surface area contributed by atoms with Gasteiger partial charge in [0.2, 0.25) is 5.91 Å². The van der Waals surface area contributed by atoms with Gasteiger partial charge in [0.1, 0.15) is 0 Å². The van der Waals surface area contributed by atoms with Gasteiger partial charge in [-0.1, -0.05) is 40.2 Å². The van der Waals surface area contributed by atoms with Gasteiger partial charge in [0.25, 0.3) is 0 Å². The molecule has 0 spiro atoms. The molecule has 0 aliphatic heterocycles. The average molecular weight is 270 g/mol. The van der Waals surface area contributed by atoms with E-state index in [2.05, 4.69) is 28.0 Å². The highest BCUT2D eigenvalue weighted by Crippen LogP contribution is 2.15. The lowest BCUT2D eigenvalue weighted by Gasteiger charge is -2.05. The normalized spacial score (nSPS) is 9.67. The second-order valence-electron chi connectivity index (χ2n) is 2.89. The molecule has 3 nitrogen and oxygen atoms in total. The van der Waals surface area contributed by atoms with Crippen LogP contribution in [-0.2, 0) is 16.1 Å². The van der Waals surface area contributed by atoms with Crippen LogP contribution in [0.1, 0.15) is 5.56 Å². The third kappa shape index (κ3) is 4.27. The quantitative estimate of drug-likeness (QED) is 0.506. The Hall–Kier alpha value is -1.13. The molecule has 80 valence electrons. The Kier molecular flexibility index (Phi) is 5.07. The molecule has 0 unspecified atom stereocenters. The molecule has 0 radical (unpaired) electrons. The monoisotopic (exact) mass is 269 g/mol. The van der Waals surface area contributed by atoms with Crippen LogP contribution in [0, 0.1) is 0 Å². The second kappa shape index (κ2) is 6.37. The molecule has 1 rings (SSSR count). The summed E-state index contributed by atoms with van der Waals surface area (Å²) in [7, 11) is 0. The Labute approximate surface area is 97.2 Å². The van der Waals surface area contributed by atoms with Crippen LogP contribution in [0.2, 0.25) is 0 Å². The minimum Gasteiger partial charge on any atom is -0.272 e. The Morgan fingerprint density at radius 2 is 2.27 bits per heavy atom. The molecular formula is C11H12BrNO2. The minimum absolute atomic E-state index is 0.177. The summed E-state index contributed by atoms with van der Waals surface area (Å²) >= 11 is 3.37. The van der Waals surface area contributed by atoms with Gasteiger partial charge in [-0.2, -0.15) is 0 Å². The van der Waals surface area contributed by atoms with E-state index in [1.54, 1.807) is 6.08 Å². The van der Waals surface area contributed by atoms with Gasteiger partial charge < -0.3 is 0 Å². The SMILES string of the molecule is C=CCONC(=O)Cc1ccccc1Br. The molecule has 15 heavy (non-hydrogen) atoms. The van der Waals surface area contributed by atoms with E-state index in [4.69, 9.17) is 4.84 Å². The van der Waals surface area contributed by atoms with Crippen molar-refractivity contribution in [1.82, 2.24) is 5.48 Å². The van der Waals surface area contributed by atoms with Gasteiger partial charge in [-0.05, 0) is 11.6 Å². The van der Waals surface area contributed by atoms with E-state index < -0.39 is 0 Å². The van der Waals surface area contributed by atoms with Crippen LogP contribution in [0.5, 0.6) is 0 Å². The third-order valence-electron chi connectivity index (χ3n) is 1.70. The molecule has 0 bridgehead atoms. The van der Waals surface area contributed by atoms with Crippen LogP contribution in [0.15, 0.2) is 41.4 Å². The molecular weight excluding hydrogens is 258 g/mol. The van der Waals surface area contributed by atoms with Gasteiger partial charge in [-0.25, -0.2) is 5.48 Å². The highest BCUT2D eigenvalue weighted by molar-refractivity contribution is 9.10. The fourth-order valence-electron chi connectivity index (χ4n) is 1.03. The van der Waals surface area contributed by atoms with Crippen molar-refractivity contribution in [2.75, 3.05) is 6.61 Å². The van der Waals surface area contributed by atoms with Gasteiger partial charge in [-0.15, -0.1) is 6.58 Å². The lowest BCUT2D eigenvalue weighted by atomic mass is 10.1. The zero-order valence-electron chi connectivity index (χ0n) is 8.20. The highest BCUT2D eigenvalue weighted by Gasteiger charge is 2.05. The van der Waals surface area contributed by atoms with Crippen molar-refractivity contribution in [3.05, 3.63) is 47.0 Å². The molecule has 0 aliphatic carbocycles. The van der Waals surface area contributed by atoms with Crippen molar-refractivity contribution in [3.63, 3.8) is 0 Å². The molecule has 0 atom stereocenters. The summed E-state index contributed by atoms with van der Waals surface area (Å²) in [6.07, 6.45) is 1.86. The van der Waals surface area contributed by atoms with Crippen molar-refractivity contribution in [2.45, 2.75) is 6.42 Å². The van der Waals surface area contributed by atoms with Crippen molar-refractivity contribution in [1.29, 1.82) is 0 Å². The largest absolute Gasteiger partial charge is 0.272 e. The lowest BCUT2D eigenvalue weighted by Crippen LogP contribution is -2.25. The molecule has 1 aromatic carbocycles. The summed E-state index contributed by atoms with van der Waals surface area (Å²) in [6, 6.07) is 7.57. The summed E-state index contributed by atoms with van der Waals surface area (Å²) in [6.45, 7) is 3.78.